The van der Waals surface area contributed by atoms with Crippen molar-refractivity contribution in [3.8, 4) is 11.5 Å². The Balaban J connectivity index is 1.80. The van der Waals surface area contributed by atoms with Gasteiger partial charge >= 0.3 is 0 Å². The van der Waals surface area contributed by atoms with Gasteiger partial charge in [0, 0.05) is 15.6 Å². The first-order valence-corrected chi connectivity index (χ1v) is 12.0. The van der Waals surface area contributed by atoms with Crippen molar-refractivity contribution in [2.75, 3.05) is 0 Å². The quantitative estimate of drug-likeness (QED) is 0.290. The Morgan fingerprint density at radius 3 is 2.16 bits per heavy atom. The highest BCUT2D eigenvalue weighted by molar-refractivity contribution is 7.21. The lowest BCUT2D eigenvalue weighted by Crippen LogP contribution is -2.10. The van der Waals surface area contributed by atoms with E-state index in [0.29, 0.717) is 10.6 Å². The van der Waals surface area contributed by atoms with E-state index in [1.165, 1.54) is 22.5 Å². The average molecular weight is 443 g/mol. The molecule has 0 aliphatic rings. The summed E-state index contributed by atoms with van der Waals surface area (Å²) in [6, 6.07) is 20.5. The van der Waals surface area contributed by atoms with Crippen molar-refractivity contribution >= 4 is 27.2 Å². The molecule has 1 heterocycles. The van der Waals surface area contributed by atoms with E-state index in [9.17, 15) is 4.79 Å². The molecular formula is C29H30O2S. The van der Waals surface area contributed by atoms with Crippen LogP contribution >= 0.6 is 11.3 Å². The Morgan fingerprint density at radius 2 is 1.56 bits per heavy atom. The number of benzene rings is 3. The molecule has 0 amide bonds. The maximum atomic E-state index is 13.8. The normalized spacial score (nSPS) is 11.7. The van der Waals surface area contributed by atoms with E-state index in [0.717, 1.165) is 38.9 Å². The standard InChI is InChI=1S/C29H30O2S/c1-7-20-16-18(2)25(19(3)17-20)26(30)28-27(23-10-8-9-11-24(23)32-28)31-22-14-12-21(13-15-22)29(4,5)6/h8-17H,7H2,1-6H3. The third kappa shape index (κ3) is 4.22. The number of hydrogen-bond donors (Lipinski definition) is 0. The van der Waals surface area contributed by atoms with Gasteiger partial charge in [0.1, 0.15) is 10.6 Å². The number of thiophene rings is 1. The smallest absolute Gasteiger partial charge is 0.207 e. The Kier molecular flexibility index (Phi) is 5.96. The summed E-state index contributed by atoms with van der Waals surface area (Å²) in [6.45, 7) is 12.8. The highest BCUT2D eigenvalue weighted by Gasteiger charge is 2.24. The Hall–Kier alpha value is -2.91. The van der Waals surface area contributed by atoms with Gasteiger partial charge in [-0.05, 0) is 72.2 Å². The molecule has 164 valence electrons. The molecule has 0 N–H and O–H groups in total. The van der Waals surface area contributed by atoms with Crippen molar-refractivity contribution in [3.63, 3.8) is 0 Å². The number of ketones is 1. The number of fused-ring (bicyclic) bond motifs is 1. The Morgan fingerprint density at radius 1 is 0.938 bits per heavy atom. The molecule has 0 saturated carbocycles. The average Bonchev–Trinajstić information content (AvgIpc) is 3.11. The highest BCUT2D eigenvalue weighted by atomic mass is 32.1. The molecule has 4 aromatic rings. The van der Waals surface area contributed by atoms with Crippen LogP contribution in [0.4, 0.5) is 0 Å². The molecule has 0 radical (unpaired) electrons. The second kappa shape index (κ2) is 8.55. The topological polar surface area (TPSA) is 26.3 Å². The summed E-state index contributed by atoms with van der Waals surface area (Å²) in [5, 5.41) is 0.973. The van der Waals surface area contributed by atoms with Gasteiger partial charge < -0.3 is 4.74 Å². The number of carbonyl (C=O) groups is 1. The predicted octanol–water partition coefficient (Wildman–Crippen LogP) is 8.40. The van der Waals surface area contributed by atoms with E-state index in [2.05, 4.69) is 52.0 Å². The first-order chi connectivity index (χ1) is 15.2. The zero-order valence-electron chi connectivity index (χ0n) is 19.7. The van der Waals surface area contributed by atoms with Crippen LogP contribution in [0.5, 0.6) is 11.5 Å². The molecule has 0 aliphatic carbocycles. The van der Waals surface area contributed by atoms with E-state index in [1.807, 2.05) is 50.2 Å². The maximum Gasteiger partial charge on any atom is 0.207 e. The second-order valence-corrected chi connectivity index (χ2v) is 10.5. The number of hydrogen-bond acceptors (Lipinski definition) is 3. The first kappa shape index (κ1) is 22.3. The van der Waals surface area contributed by atoms with E-state index >= 15 is 0 Å². The number of ether oxygens (including phenoxy) is 1. The summed E-state index contributed by atoms with van der Waals surface area (Å²) >= 11 is 1.51. The van der Waals surface area contributed by atoms with Gasteiger partial charge in [0.15, 0.2) is 5.75 Å². The van der Waals surface area contributed by atoms with Crippen LogP contribution in [0.3, 0.4) is 0 Å². The predicted molar refractivity (Wildman–Crippen MR) is 136 cm³/mol. The lowest BCUT2D eigenvalue weighted by atomic mass is 9.87. The van der Waals surface area contributed by atoms with Gasteiger partial charge in [-0.2, -0.15) is 0 Å². The van der Waals surface area contributed by atoms with Crippen LogP contribution < -0.4 is 4.74 Å². The van der Waals surface area contributed by atoms with Gasteiger partial charge in [-0.1, -0.05) is 64.1 Å². The van der Waals surface area contributed by atoms with Crippen LogP contribution in [0.2, 0.25) is 0 Å². The monoisotopic (exact) mass is 442 g/mol. The molecule has 2 nitrogen and oxygen atoms in total. The molecule has 4 rings (SSSR count). The number of aryl methyl sites for hydroxylation is 3. The molecule has 0 unspecified atom stereocenters. The van der Waals surface area contributed by atoms with Gasteiger partial charge in [-0.3, -0.25) is 4.79 Å². The zero-order valence-corrected chi connectivity index (χ0v) is 20.5. The van der Waals surface area contributed by atoms with Gasteiger partial charge in [0.05, 0.1) is 0 Å². The molecule has 32 heavy (non-hydrogen) atoms. The fourth-order valence-corrected chi connectivity index (χ4v) is 5.22. The summed E-state index contributed by atoms with van der Waals surface area (Å²) < 4.78 is 7.44. The summed E-state index contributed by atoms with van der Waals surface area (Å²) in [6.07, 6.45) is 0.956. The molecular weight excluding hydrogens is 412 g/mol. The summed E-state index contributed by atoms with van der Waals surface area (Å²) in [5.74, 6) is 1.42. The molecule has 3 heteroatoms. The third-order valence-corrected chi connectivity index (χ3v) is 7.08. The molecule has 0 spiro atoms. The lowest BCUT2D eigenvalue weighted by molar-refractivity contribution is 0.103. The fraction of sp³-hybridized carbons (Fsp3) is 0.276. The van der Waals surface area contributed by atoms with Crippen molar-refractivity contribution < 1.29 is 9.53 Å². The fourth-order valence-electron chi connectivity index (χ4n) is 4.14. The van der Waals surface area contributed by atoms with E-state index in [1.54, 1.807) is 0 Å². The van der Waals surface area contributed by atoms with Gasteiger partial charge in [-0.15, -0.1) is 11.3 Å². The van der Waals surface area contributed by atoms with Crippen LogP contribution in [0.15, 0.2) is 60.7 Å². The largest absolute Gasteiger partial charge is 0.455 e. The van der Waals surface area contributed by atoms with Gasteiger partial charge in [0.2, 0.25) is 5.78 Å². The lowest BCUT2D eigenvalue weighted by Gasteiger charge is -2.19. The molecule has 0 fully saturated rings. The summed E-state index contributed by atoms with van der Waals surface area (Å²) in [5.41, 5.74) is 5.40. The van der Waals surface area contributed by atoms with Crippen molar-refractivity contribution in [2.24, 2.45) is 0 Å². The summed E-state index contributed by atoms with van der Waals surface area (Å²) in [4.78, 5) is 14.4. The number of rotatable bonds is 5. The minimum atomic E-state index is 0.0326. The molecule has 3 aromatic carbocycles. The SMILES string of the molecule is CCc1cc(C)c(C(=O)c2sc3ccccc3c2Oc2ccc(C(C)(C)C)cc2)c(C)c1. The Bertz CT molecular complexity index is 1260. The minimum Gasteiger partial charge on any atom is -0.455 e. The second-order valence-electron chi connectivity index (χ2n) is 9.42. The highest BCUT2D eigenvalue weighted by Crippen LogP contribution is 2.42. The first-order valence-electron chi connectivity index (χ1n) is 11.1. The zero-order chi connectivity index (χ0) is 23.0. The van der Waals surface area contributed by atoms with E-state index < -0.39 is 0 Å². The molecule has 0 saturated heterocycles. The maximum absolute atomic E-state index is 13.8. The van der Waals surface area contributed by atoms with E-state index in [4.69, 9.17) is 4.74 Å². The van der Waals surface area contributed by atoms with Crippen LogP contribution in [-0.2, 0) is 11.8 Å². The molecule has 1 aromatic heterocycles. The number of carbonyl (C=O) groups excluding carboxylic acids is 1. The molecule has 0 bridgehead atoms. The van der Waals surface area contributed by atoms with Crippen molar-refractivity contribution in [1.82, 2.24) is 0 Å². The van der Waals surface area contributed by atoms with Crippen LogP contribution in [0.25, 0.3) is 10.1 Å². The Labute approximate surface area is 194 Å². The molecule has 0 atom stereocenters. The minimum absolute atomic E-state index is 0.0326. The van der Waals surface area contributed by atoms with E-state index in [-0.39, 0.29) is 11.2 Å². The van der Waals surface area contributed by atoms with Crippen molar-refractivity contribution in [1.29, 1.82) is 0 Å². The van der Waals surface area contributed by atoms with Gasteiger partial charge in [-0.25, -0.2) is 0 Å². The molecule has 0 aliphatic heterocycles. The van der Waals surface area contributed by atoms with Gasteiger partial charge in [0.25, 0.3) is 0 Å². The van der Waals surface area contributed by atoms with Crippen LogP contribution in [-0.4, -0.2) is 5.78 Å². The van der Waals surface area contributed by atoms with Crippen molar-refractivity contribution in [2.45, 2.75) is 53.4 Å². The van der Waals surface area contributed by atoms with Crippen LogP contribution in [0, 0.1) is 13.8 Å². The van der Waals surface area contributed by atoms with Crippen LogP contribution in [0.1, 0.15) is 65.2 Å². The summed E-state index contributed by atoms with van der Waals surface area (Å²) in [7, 11) is 0. The van der Waals surface area contributed by atoms with Crippen molar-refractivity contribution in [3.05, 3.63) is 93.4 Å². The third-order valence-electron chi connectivity index (χ3n) is 5.92.